The molecule has 0 N–H and O–H groups in total. The molecule has 1 aromatic rings. The van der Waals surface area contributed by atoms with Crippen molar-refractivity contribution in [2.75, 3.05) is 12.4 Å². The number of phosphoric ester groups is 1. The molecule has 42 heavy (non-hydrogen) atoms. The standard InChI is InChI=1S/C34H61O6PS/c1-5-8-10-12-14-15-16-17-19-24-29-42-33(27-23-18-13-11-9-6-2)31(4)39-41(36,38-28-7-3)40-34(35)37-30-32-25-21-20-22-26-32/h20-22,25-26,31,33H,5-19,23-24,27-30H2,1-4H3. The fraction of sp³-hybridized carbons (Fsp3) is 0.794. The number of unbranched alkanes of at least 4 members (excludes halogenated alkanes) is 14. The Labute approximate surface area is 262 Å². The first kappa shape index (κ1) is 39.0. The third-order valence-corrected chi connectivity index (χ3v) is 10.4. The van der Waals surface area contributed by atoms with Gasteiger partial charge in [0.1, 0.15) is 6.61 Å². The Bertz CT molecular complexity index is 808. The predicted octanol–water partition coefficient (Wildman–Crippen LogP) is 12.1. The number of ether oxygens (including phenoxy) is 1. The summed E-state index contributed by atoms with van der Waals surface area (Å²) in [5.74, 6) is 1.05. The summed E-state index contributed by atoms with van der Waals surface area (Å²) in [6.07, 6.45) is 20.7. The quantitative estimate of drug-likeness (QED) is 0.0519. The molecule has 0 aromatic heterocycles. The minimum absolute atomic E-state index is 0.0262. The Morgan fingerprint density at radius 1 is 0.762 bits per heavy atom. The van der Waals surface area contributed by atoms with Gasteiger partial charge in [0, 0.05) is 5.25 Å². The minimum atomic E-state index is -4.13. The van der Waals surface area contributed by atoms with Crippen molar-refractivity contribution in [3.63, 3.8) is 0 Å². The van der Waals surface area contributed by atoms with E-state index in [0.717, 1.165) is 24.2 Å². The van der Waals surface area contributed by atoms with Crippen LogP contribution < -0.4 is 0 Å². The molecule has 0 saturated carbocycles. The summed E-state index contributed by atoms with van der Waals surface area (Å²) in [5, 5.41) is 0.150. The summed E-state index contributed by atoms with van der Waals surface area (Å²) in [4.78, 5) is 12.4. The van der Waals surface area contributed by atoms with Gasteiger partial charge in [0.2, 0.25) is 0 Å². The van der Waals surface area contributed by atoms with Crippen LogP contribution in [0, 0.1) is 0 Å². The van der Waals surface area contributed by atoms with E-state index in [1.165, 1.54) is 96.3 Å². The topological polar surface area (TPSA) is 71.1 Å². The molecule has 3 unspecified atom stereocenters. The molecule has 0 heterocycles. The van der Waals surface area contributed by atoms with Crippen LogP contribution in [0.4, 0.5) is 4.79 Å². The number of benzene rings is 1. The highest BCUT2D eigenvalue weighted by Gasteiger charge is 2.36. The van der Waals surface area contributed by atoms with Crippen LogP contribution in [0.5, 0.6) is 0 Å². The summed E-state index contributed by atoms with van der Waals surface area (Å²) >= 11 is 1.89. The lowest BCUT2D eigenvalue weighted by atomic mass is 10.1. The van der Waals surface area contributed by atoms with Crippen molar-refractivity contribution in [3.05, 3.63) is 35.9 Å². The average molecular weight is 629 g/mol. The molecular formula is C34H61O6PS. The minimum Gasteiger partial charge on any atom is -0.429 e. The highest BCUT2D eigenvalue weighted by molar-refractivity contribution is 7.99. The van der Waals surface area contributed by atoms with Gasteiger partial charge in [0.15, 0.2) is 0 Å². The number of hydrogen-bond donors (Lipinski definition) is 0. The molecule has 8 heteroatoms. The van der Waals surface area contributed by atoms with E-state index in [1.54, 1.807) is 0 Å². The lowest BCUT2D eigenvalue weighted by molar-refractivity contribution is 0.0529. The number of carbonyl (C=O) groups excluding carboxylic acids is 1. The van der Waals surface area contributed by atoms with Gasteiger partial charge in [0.05, 0.1) is 12.7 Å². The first-order chi connectivity index (χ1) is 20.4. The van der Waals surface area contributed by atoms with Gasteiger partial charge in [-0.1, -0.05) is 147 Å². The molecule has 0 spiro atoms. The molecule has 0 amide bonds. The number of thioether (sulfide) groups is 1. The van der Waals surface area contributed by atoms with Crippen LogP contribution >= 0.6 is 19.6 Å². The summed E-state index contributed by atoms with van der Waals surface area (Å²) < 4.78 is 35.4. The molecule has 0 aliphatic rings. The van der Waals surface area contributed by atoms with E-state index in [9.17, 15) is 9.36 Å². The molecule has 0 bridgehead atoms. The number of rotatable bonds is 28. The second kappa shape index (κ2) is 26.4. The highest BCUT2D eigenvalue weighted by Crippen LogP contribution is 2.52. The third kappa shape index (κ3) is 20.8. The zero-order valence-electron chi connectivity index (χ0n) is 27.2. The third-order valence-electron chi connectivity index (χ3n) is 7.33. The summed E-state index contributed by atoms with van der Waals surface area (Å²) in [6.45, 7) is 8.53. The van der Waals surface area contributed by atoms with Crippen LogP contribution in [0.2, 0.25) is 0 Å². The SMILES string of the molecule is CCCCCCCCCCCCSC(CCCCCCCC)C(C)OP(=O)(OCCC)OC(=O)OCc1ccccc1. The van der Waals surface area contributed by atoms with Crippen molar-refractivity contribution < 1.29 is 27.7 Å². The molecule has 0 fully saturated rings. The van der Waals surface area contributed by atoms with Crippen LogP contribution in [0.1, 0.15) is 149 Å². The lowest BCUT2D eigenvalue weighted by Crippen LogP contribution is -2.24. The van der Waals surface area contributed by atoms with E-state index in [0.29, 0.717) is 6.42 Å². The average Bonchev–Trinajstić information content (AvgIpc) is 2.98. The fourth-order valence-corrected chi connectivity index (χ4v) is 7.56. The molecule has 0 aliphatic carbocycles. The molecule has 244 valence electrons. The van der Waals surface area contributed by atoms with Crippen LogP contribution in [-0.2, 0) is 29.5 Å². The van der Waals surface area contributed by atoms with Crippen LogP contribution in [0.3, 0.4) is 0 Å². The Kier molecular flexibility index (Phi) is 24.5. The maximum atomic E-state index is 13.5. The molecule has 0 radical (unpaired) electrons. The molecule has 1 aromatic carbocycles. The van der Waals surface area contributed by atoms with E-state index in [1.807, 2.05) is 55.9 Å². The van der Waals surface area contributed by atoms with Crippen molar-refractivity contribution >= 4 is 25.7 Å². The molecule has 0 aliphatic heterocycles. The Balaban J connectivity index is 2.60. The van der Waals surface area contributed by atoms with Crippen LogP contribution in [-0.4, -0.2) is 29.9 Å². The second-order valence-corrected chi connectivity index (χ2v) is 14.2. The van der Waals surface area contributed by atoms with Crippen molar-refractivity contribution in [1.82, 2.24) is 0 Å². The van der Waals surface area contributed by atoms with E-state index < -0.39 is 20.1 Å². The molecular weight excluding hydrogens is 567 g/mol. The first-order valence-corrected chi connectivity index (χ1v) is 19.4. The van der Waals surface area contributed by atoms with Gasteiger partial charge in [-0.05, 0) is 37.5 Å². The normalized spacial score (nSPS) is 14.3. The van der Waals surface area contributed by atoms with E-state index in [-0.39, 0.29) is 18.5 Å². The van der Waals surface area contributed by atoms with E-state index >= 15 is 0 Å². The zero-order chi connectivity index (χ0) is 30.7. The van der Waals surface area contributed by atoms with Gasteiger partial charge in [-0.15, -0.1) is 0 Å². The molecule has 0 saturated heterocycles. The molecule has 6 nitrogen and oxygen atoms in total. The van der Waals surface area contributed by atoms with E-state index in [4.69, 9.17) is 18.3 Å². The number of hydrogen-bond acceptors (Lipinski definition) is 7. The number of phosphoric acid groups is 1. The van der Waals surface area contributed by atoms with Gasteiger partial charge in [-0.2, -0.15) is 11.8 Å². The second-order valence-electron chi connectivity index (χ2n) is 11.4. The van der Waals surface area contributed by atoms with Crippen molar-refractivity contribution in [2.24, 2.45) is 0 Å². The summed E-state index contributed by atoms with van der Waals surface area (Å²) in [7, 11) is -4.13. The monoisotopic (exact) mass is 628 g/mol. The Hall–Kier alpha value is -1.01. The largest absolute Gasteiger partial charge is 0.534 e. The van der Waals surface area contributed by atoms with Gasteiger partial charge < -0.3 is 9.26 Å². The van der Waals surface area contributed by atoms with Crippen LogP contribution in [0.15, 0.2) is 30.3 Å². The Morgan fingerprint density at radius 2 is 1.31 bits per heavy atom. The van der Waals surface area contributed by atoms with Gasteiger partial charge in [-0.25, -0.2) is 9.36 Å². The van der Waals surface area contributed by atoms with Crippen molar-refractivity contribution in [1.29, 1.82) is 0 Å². The smallest absolute Gasteiger partial charge is 0.429 e. The molecule has 3 atom stereocenters. The predicted molar refractivity (Wildman–Crippen MR) is 178 cm³/mol. The lowest BCUT2D eigenvalue weighted by Gasteiger charge is -2.27. The fourth-order valence-electron chi connectivity index (χ4n) is 4.79. The van der Waals surface area contributed by atoms with Gasteiger partial charge in [0.25, 0.3) is 0 Å². The highest BCUT2D eigenvalue weighted by atomic mass is 32.2. The zero-order valence-corrected chi connectivity index (χ0v) is 28.9. The maximum absolute atomic E-state index is 13.5. The summed E-state index contributed by atoms with van der Waals surface area (Å²) in [6, 6.07) is 9.30. The first-order valence-electron chi connectivity index (χ1n) is 16.9. The van der Waals surface area contributed by atoms with E-state index in [2.05, 4.69) is 13.8 Å². The molecule has 1 rings (SSSR count). The maximum Gasteiger partial charge on any atom is 0.534 e. The van der Waals surface area contributed by atoms with Gasteiger partial charge in [-0.3, -0.25) is 9.05 Å². The van der Waals surface area contributed by atoms with Crippen LogP contribution in [0.25, 0.3) is 0 Å². The summed E-state index contributed by atoms with van der Waals surface area (Å²) in [5.41, 5.74) is 0.815. The van der Waals surface area contributed by atoms with Crippen molar-refractivity contribution in [2.45, 2.75) is 161 Å². The van der Waals surface area contributed by atoms with Crippen molar-refractivity contribution in [3.8, 4) is 0 Å². The van der Waals surface area contributed by atoms with Gasteiger partial charge >= 0.3 is 14.0 Å². The number of carbonyl (C=O) groups is 1. The Morgan fingerprint density at radius 3 is 1.88 bits per heavy atom.